The van der Waals surface area contributed by atoms with Crippen molar-refractivity contribution in [2.45, 2.75) is 18.1 Å². The lowest BCUT2D eigenvalue weighted by molar-refractivity contribution is -0.129. The van der Waals surface area contributed by atoms with Crippen molar-refractivity contribution in [1.82, 2.24) is 25.1 Å². The van der Waals surface area contributed by atoms with E-state index in [-0.39, 0.29) is 36.4 Å². The van der Waals surface area contributed by atoms with E-state index in [1.807, 2.05) is 6.07 Å². The van der Waals surface area contributed by atoms with Crippen LogP contribution >= 0.6 is 0 Å². The number of H-pyrrole nitrogens is 1. The number of halogens is 1. The first-order valence-corrected chi connectivity index (χ1v) is 11.6. The van der Waals surface area contributed by atoms with Gasteiger partial charge in [-0.3, -0.25) is 4.79 Å². The van der Waals surface area contributed by atoms with Gasteiger partial charge in [0.15, 0.2) is 0 Å². The Hall–Kier alpha value is -2.81. The van der Waals surface area contributed by atoms with Gasteiger partial charge in [0.05, 0.1) is 11.0 Å². The molecule has 4 aliphatic rings. The summed E-state index contributed by atoms with van der Waals surface area (Å²) in [6.45, 7) is 6.29. The molecule has 4 saturated heterocycles. The predicted octanol–water partition coefficient (Wildman–Crippen LogP) is 1.90. The fourth-order valence-corrected chi connectivity index (χ4v) is 6.13. The molecule has 2 aromatic carbocycles. The number of fused-ring (bicyclic) bond motifs is 2. The van der Waals surface area contributed by atoms with Crippen molar-refractivity contribution in [2.24, 2.45) is 5.92 Å². The maximum atomic E-state index is 13.4. The maximum Gasteiger partial charge on any atom is 0.246 e. The molecule has 0 spiro atoms. The van der Waals surface area contributed by atoms with Crippen LogP contribution in [0.25, 0.3) is 11.0 Å². The summed E-state index contributed by atoms with van der Waals surface area (Å²) in [7, 11) is 0. The van der Waals surface area contributed by atoms with Crippen molar-refractivity contribution in [3.05, 3.63) is 65.7 Å². The highest BCUT2D eigenvalue weighted by molar-refractivity contribution is 5.78. The second-order valence-corrected chi connectivity index (χ2v) is 9.64. The zero-order valence-corrected chi connectivity index (χ0v) is 18.5. The number of piperidine rings is 2. The van der Waals surface area contributed by atoms with Crippen LogP contribution < -0.4 is 5.32 Å². The first kappa shape index (κ1) is 20.8. The number of aromatic amines is 1. The molecule has 8 heteroatoms. The molecule has 0 saturated carbocycles. The minimum absolute atomic E-state index is 0.0348. The fourth-order valence-electron chi connectivity index (χ4n) is 6.13. The summed E-state index contributed by atoms with van der Waals surface area (Å²) in [6.07, 6.45) is 0. The molecule has 33 heavy (non-hydrogen) atoms. The van der Waals surface area contributed by atoms with E-state index in [0.29, 0.717) is 22.8 Å². The Morgan fingerprint density at radius 2 is 1.91 bits per heavy atom. The molecule has 5 heterocycles. The number of rotatable bonds is 6. The molecule has 4 fully saturated rings. The lowest BCUT2D eigenvalue weighted by atomic mass is 9.64. The van der Waals surface area contributed by atoms with E-state index < -0.39 is 0 Å². The van der Waals surface area contributed by atoms with E-state index in [1.54, 1.807) is 6.07 Å². The normalized spacial score (nSPS) is 30.5. The number of carbonyl (C=O) groups excluding carboxylic acids is 1. The maximum absolute atomic E-state index is 13.4. The monoisotopic (exact) mass is 449 g/mol. The van der Waals surface area contributed by atoms with E-state index in [4.69, 9.17) is 4.74 Å². The summed E-state index contributed by atoms with van der Waals surface area (Å²) in [5, 5.41) is 3.35. The molecule has 3 aromatic rings. The molecule has 1 amide bonds. The molecular formula is C25H28FN5O2. The molecule has 2 N–H and O–H groups in total. The third-order valence-electron chi connectivity index (χ3n) is 7.43. The van der Waals surface area contributed by atoms with Gasteiger partial charge >= 0.3 is 0 Å². The summed E-state index contributed by atoms with van der Waals surface area (Å²) in [4.78, 5) is 25.5. The Morgan fingerprint density at radius 3 is 2.67 bits per heavy atom. The fraction of sp³-hybridized carbons (Fsp3) is 0.440. The summed E-state index contributed by atoms with van der Waals surface area (Å²) >= 11 is 0. The average molecular weight is 450 g/mol. The lowest BCUT2D eigenvalue weighted by Gasteiger charge is -2.55. The number of nitrogens with zero attached hydrogens (tertiary/aromatic N) is 3. The molecular weight excluding hydrogens is 421 g/mol. The number of amides is 1. The van der Waals surface area contributed by atoms with Gasteiger partial charge in [-0.15, -0.1) is 0 Å². The van der Waals surface area contributed by atoms with Gasteiger partial charge < -0.3 is 24.8 Å². The quantitative estimate of drug-likeness (QED) is 0.602. The van der Waals surface area contributed by atoms with Gasteiger partial charge in [-0.1, -0.05) is 30.3 Å². The molecule has 0 aliphatic carbocycles. The highest BCUT2D eigenvalue weighted by atomic mass is 19.1. The third-order valence-corrected chi connectivity index (χ3v) is 7.43. The van der Waals surface area contributed by atoms with Gasteiger partial charge in [-0.25, -0.2) is 9.37 Å². The first-order valence-electron chi connectivity index (χ1n) is 11.6. The van der Waals surface area contributed by atoms with Crippen molar-refractivity contribution >= 4 is 16.9 Å². The Labute approximate surface area is 191 Å². The second-order valence-electron chi connectivity index (χ2n) is 9.64. The highest BCUT2D eigenvalue weighted by Crippen LogP contribution is 2.43. The molecule has 4 bridgehead atoms. The molecule has 1 aromatic heterocycles. The first-order chi connectivity index (χ1) is 16.1. The number of aromatic nitrogens is 2. The predicted molar refractivity (Wildman–Crippen MR) is 122 cm³/mol. The van der Waals surface area contributed by atoms with Crippen LogP contribution in [0.2, 0.25) is 0 Å². The minimum Gasteiger partial charge on any atom is -0.364 e. The van der Waals surface area contributed by atoms with Crippen LogP contribution in [-0.2, 0) is 21.6 Å². The van der Waals surface area contributed by atoms with Crippen LogP contribution in [0, 0.1) is 11.7 Å². The number of benzene rings is 2. The van der Waals surface area contributed by atoms with Crippen LogP contribution in [0.5, 0.6) is 0 Å². The largest absolute Gasteiger partial charge is 0.364 e. The van der Waals surface area contributed by atoms with Crippen molar-refractivity contribution < 1.29 is 13.9 Å². The average Bonchev–Trinajstić information content (AvgIpc) is 3.03. The van der Waals surface area contributed by atoms with Crippen LogP contribution in [-0.4, -0.2) is 77.6 Å². The Kier molecular flexibility index (Phi) is 5.16. The van der Waals surface area contributed by atoms with Gasteiger partial charge in [0.25, 0.3) is 0 Å². The summed E-state index contributed by atoms with van der Waals surface area (Å²) in [5.74, 6) is 0.554. The molecule has 3 atom stereocenters. The number of nitrogens with one attached hydrogen (secondary N) is 2. The second kappa shape index (κ2) is 8.20. The molecule has 172 valence electrons. The van der Waals surface area contributed by atoms with Crippen LogP contribution in [0.4, 0.5) is 4.39 Å². The Morgan fingerprint density at radius 1 is 1.15 bits per heavy atom. The van der Waals surface area contributed by atoms with Crippen molar-refractivity contribution in [2.75, 3.05) is 45.9 Å². The molecule has 2 unspecified atom stereocenters. The molecule has 4 aliphatic heterocycles. The number of ether oxygens (including phenoxy) is 1. The van der Waals surface area contributed by atoms with Gasteiger partial charge in [0, 0.05) is 56.6 Å². The minimum atomic E-state index is -0.315. The van der Waals surface area contributed by atoms with Crippen LogP contribution in [0.3, 0.4) is 0 Å². The van der Waals surface area contributed by atoms with E-state index in [1.165, 1.54) is 17.7 Å². The molecule has 7 rings (SSSR count). The van der Waals surface area contributed by atoms with Gasteiger partial charge in [0.2, 0.25) is 5.91 Å². The Balaban J connectivity index is 1.15. The van der Waals surface area contributed by atoms with E-state index in [0.717, 1.165) is 39.3 Å². The van der Waals surface area contributed by atoms with Gasteiger partial charge in [0.1, 0.15) is 24.9 Å². The zero-order chi connectivity index (χ0) is 22.4. The molecule has 7 nitrogen and oxygen atoms in total. The highest BCUT2D eigenvalue weighted by Gasteiger charge is 2.55. The SMILES string of the molecule is O=C(COCc1nc2ccc(F)cc2[nH]1)N[C@@H]1C2CN3CCN(C2)CC1(c1ccccc1)C3. The van der Waals surface area contributed by atoms with Crippen molar-refractivity contribution in [3.63, 3.8) is 0 Å². The third kappa shape index (κ3) is 3.82. The Bertz CT molecular complexity index is 1150. The smallest absolute Gasteiger partial charge is 0.246 e. The van der Waals surface area contributed by atoms with E-state index in [9.17, 15) is 9.18 Å². The van der Waals surface area contributed by atoms with E-state index in [2.05, 4.69) is 49.4 Å². The number of hydrogen-bond donors (Lipinski definition) is 2. The number of carbonyl (C=O) groups is 1. The van der Waals surface area contributed by atoms with Gasteiger partial charge in [-0.2, -0.15) is 0 Å². The van der Waals surface area contributed by atoms with Crippen LogP contribution in [0.1, 0.15) is 11.4 Å². The molecule has 0 radical (unpaired) electrons. The topological polar surface area (TPSA) is 73.5 Å². The van der Waals surface area contributed by atoms with Crippen molar-refractivity contribution in [1.29, 1.82) is 0 Å². The summed E-state index contributed by atoms with van der Waals surface area (Å²) in [6, 6.07) is 15.1. The summed E-state index contributed by atoms with van der Waals surface area (Å²) < 4.78 is 19.1. The standard InChI is InChI=1S/C25H28FN5O2/c26-19-6-7-20-21(10-19)28-22(27-20)13-33-14-23(32)29-24-17-11-30-8-9-31(12-17)16-25(24,15-30)18-4-2-1-3-5-18/h1-7,10,17,24H,8-9,11-16H2,(H,27,28)(H,29,32)/t17?,24-,25?/m1/s1. The lowest BCUT2D eigenvalue weighted by Crippen LogP contribution is -2.70. The zero-order valence-electron chi connectivity index (χ0n) is 18.5. The number of hydrogen-bond acceptors (Lipinski definition) is 5. The van der Waals surface area contributed by atoms with Crippen molar-refractivity contribution in [3.8, 4) is 0 Å². The number of imidazole rings is 1. The summed E-state index contributed by atoms with van der Waals surface area (Å²) in [5.41, 5.74) is 2.49. The van der Waals surface area contributed by atoms with Crippen LogP contribution in [0.15, 0.2) is 48.5 Å². The van der Waals surface area contributed by atoms with Gasteiger partial charge in [-0.05, 0) is 23.8 Å². The van der Waals surface area contributed by atoms with E-state index >= 15 is 0 Å².